The first-order chi connectivity index (χ1) is 9.15. The number of nitrogens with two attached hydrogens (primary N) is 1. The number of rotatable bonds is 1. The number of hydrogen-bond acceptors (Lipinski definition) is 3. The summed E-state index contributed by atoms with van der Waals surface area (Å²) < 4.78 is 4.96. The maximum Gasteiger partial charge on any atom is 0.259 e. The minimum Gasteiger partial charge on any atom is -0.452 e. The minimum atomic E-state index is -0.105. The average molecular weight is 277 g/mol. The molecular weight excluding hydrogens is 264 g/mol. The van der Waals surface area contributed by atoms with Gasteiger partial charge in [-0.2, -0.15) is 0 Å². The zero-order valence-electron chi connectivity index (χ0n) is 10.2. The lowest BCUT2D eigenvalue weighted by Crippen LogP contribution is -2.35. The number of anilines is 1. The number of halogens is 1. The summed E-state index contributed by atoms with van der Waals surface area (Å²) in [5, 5.41) is 0.142. The van der Waals surface area contributed by atoms with Gasteiger partial charge < -0.3 is 15.1 Å². The SMILES string of the molecule is Nc1ccc2c(c1)CN(C(=O)c1ccoc1Cl)CC2. The van der Waals surface area contributed by atoms with E-state index >= 15 is 0 Å². The molecule has 0 fully saturated rings. The summed E-state index contributed by atoms with van der Waals surface area (Å²) >= 11 is 5.85. The normalized spacial score (nSPS) is 14.3. The molecule has 1 aliphatic heterocycles. The number of fused-ring (bicyclic) bond motifs is 1. The molecule has 2 N–H and O–H groups in total. The van der Waals surface area contributed by atoms with E-state index in [1.807, 2.05) is 18.2 Å². The van der Waals surface area contributed by atoms with Crippen molar-refractivity contribution in [2.45, 2.75) is 13.0 Å². The topological polar surface area (TPSA) is 59.5 Å². The molecule has 0 saturated carbocycles. The Kier molecular flexibility index (Phi) is 2.95. The van der Waals surface area contributed by atoms with Crippen molar-refractivity contribution in [3.63, 3.8) is 0 Å². The van der Waals surface area contributed by atoms with Crippen molar-refractivity contribution in [3.05, 3.63) is 52.4 Å². The van der Waals surface area contributed by atoms with Crippen LogP contribution in [0.3, 0.4) is 0 Å². The minimum absolute atomic E-state index is 0.105. The quantitative estimate of drug-likeness (QED) is 0.815. The van der Waals surface area contributed by atoms with E-state index in [-0.39, 0.29) is 11.1 Å². The predicted octanol–water partition coefficient (Wildman–Crippen LogP) is 2.71. The molecule has 3 rings (SSSR count). The number of nitrogens with zero attached hydrogens (tertiary/aromatic N) is 1. The van der Waals surface area contributed by atoms with E-state index in [2.05, 4.69) is 0 Å². The molecule has 0 spiro atoms. The van der Waals surface area contributed by atoms with Gasteiger partial charge in [-0.3, -0.25) is 4.79 Å². The van der Waals surface area contributed by atoms with Gasteiger partial charge in [0.05, 0.1) is 11.8 Å². The van der Waals surface area contributed by atoms with E-state index in [1.165, 1.54) is 11.8 Å². The van der Waals surface area contributed by atoms with E-state index in [9.17, 15) is 4.79 Å². The number of nitrogen functional groups attached to an aromatic ring is 1. The van der Waals surface area contributed by atoms with Gasteiger partial charge in [0.25, 0.3) is 5.91 Å². The fraction of sp³-hybridized carbons (Fsp3) is 0.214. The molecule has 0 bridgehead atoms. The smallest absolute Gasteiger partial charge is 0.259 e. The van der Waals surface area contributed by atoms with Crippen molar-refractivity contribution in [1.29, 1.82) is 0 Å². The maximum absolute atomic E-state index is 12.3. The number of carbonyl (C=O) groups is 1. The molecule has 4 nitrogen and oxygen atoms in total. The Hall–Kier alpha value is -1.94. The Bertz CT molecular complexity index is 636. The van der Waals surface area contributed by atoms with Gasteiger partial charge in [-0.05, 0) is 47.3 Å². The van der Waals surface area contributed by atoms with Crippen LogP contribution < -0.4 is 5.73 Å². The number of hydrogen-bond donors (Lipinski definition) is 1. The number of furan rings is 1. The Morgan fingerprint density at radius 3 is 2.89 bits per heavy atom. The van der Waals surface area contributed by atoms with Gasteiger partial charge >= 0.3 is 0 Å². The third kappa shape index (κ3) is 2.19. The highest BCUT2D eigenvalue weighted by Crippen LogP contribution is 2.25. The highest BCUT2D eigenvalue weighted by atomic mass is 35.5. The van der Waals surface area contributed by atoms with Crippen LogP contribution in [0.1, 0.15) is 21.5 Å². The summed E-state index contributed by atoms with van der Waals surface area (Å²) in [4.78, 5) is 14.1. The Labute approximate surface area is 115 Å². The van der Waals surface area contributed by atoms with E-state index in [0.29, 0.717) is 18.7 Å². The van der Waals surface area contributed by atoms with E-state index in [4.69, 9.17) is 21.8 Å². The van der Waals surface area contributed by atoms with Crippen LogP contribution in [0.4, 0.5) is 5.69 Å². The zero-order valence-corrected chi connectivity index (χ0v) is 11.0. The first kappa shape index (κ1) is 12.1. The summed E-state index contributed by atoms with van der Waals surface area (Å²) in [7, 11) is 0. The van der Waals surface area contributed by atoms with Gasteiger partial charge in [0, 0.05) is 18.8 Å². The van der Waals surface area contributed by atoms with Crippen molar-refractivity contribution < 1.29 is 9.21 Å². The summed E-state index contributed by atoms with van der Waals surface area (Å²) in [6, 6.07) is 7.44. The first-order valence-corrected chi connectivity index (χ1v) is 6.42. The molecule has 2 heterocycles. The molecule has 0 saturated heterocycles. The van der Waals surface area contributed by atoms with Crippen LogP contribution in [0.25, 0.3) is 0 Å². The molecule has 5 heteroatoms. The van der Waals surface area contributed by atoms with Crippen LogP contribution in [0, 0.1) is 0 Å². The highest BCUT2D eigenvalue weighted by Gasteiger charge is 2.24. The van der Waals surface area contributed by atoms with Crippen LogP contribution in [0.2, 0.25) is 5.22 Å². The maximum atomic E-state index is 12.3. The van der Waals surface area contributed by atoms with Crippen molar-refractivity contribution in [2.75, 3.05) is 12.3 Å². The van der Waals surface area contributed by atoms with Gasteiger partial charge in [0.2, 0.25) is 5.22 Å². The summed E-state index contributed by atoms with van der Waals surface area (Å²) in [6.45, 7) is 1.23. The standard InChI is InChI=1S/C14H13ClN2O2/c15-13-12(4-6-19-13)14(18)17-5-3-9-1-2-11(16)7-10(9)8-17/h1-2,4,6-7H,3,5,8,16H2. The Balaban J connectivity index is 1.86. The third-order valence-electron chi connectivity index (χ3n) is 3.38. The average Bonchev–Trinajstić information content (AvgIpc) is 2.83. The summed E-state index contributed by atoms with van der Waals surface area (Å²) in [5.41, 5.74) is 9.25. The van der Waals surface area contributed by atoms with Crippen LogP contribution in [0.15, 0.2) is 34.9 Å². The third-order valence-corrected chi connectivity index (χ3v) is 3.67. The molecule has 19 heavy (non-hydrogen) atoms. The Morgan fingerprint density at radius 2 is 2.16 bits per heavy atom. The molecule has 1 aromatic heterocycles. The van der Waals surface area contributed by atoms with Crippen molar-refractivity contribution in [3.8, 4) is 0 Å². The fourth-order valence-corrected chi connectivity index (χ4v) is 2.56. The lowest BCUT2D eigenvalue weighted by atomic mass is 9.99. The molecule has 1 aliphatic rings. The highest BCUT2D eigenvalue weighted by molar-refractivity contribution is 6.32. The monoisotopic (exact) mass is 276 g/mol. The summed E-state index contributed by atoms with van der Waals surface area (Å²) in [5.74, 6) is -0.105. The van der Waals surface area contributed by atoms with Gasteiger partial charge in [-0.25, -0.2) is 0 Å². The lowest BCUT2D eigenvalue weighted by molar-refractivity contribution is 0.0734. The van der Waals surface area contributed by atoms with Crippen LogP contribution >= 0.6 is 11.6 Å². The second-order valence-electron chi connectivity index (χ2n) is 4.61. The molecule has 98 valence electrons. The second-order valence-corrected chi connectivity index (χ2v) is 4.96. The number of benzene rings is 1. The molecule has 0 unspecified atom stereocenters. The van der Waals surface area contributed by atoms with Crippen LogP contribution in [-0.4, -0.2) is 17.4 Å². The van der Waals surface area contributed by atoms with E-state index in [1.54, 1.807) is 11.0 Å². The van der Waals surface area contributed by atoms with E-state index < -0.39 is 0 Å². The molecular formula is C14H13ClN2O2. The second kappa shape index (κ2) is 4.63. The molecule has 1 aromatic carbocycles. The van der Waals surface area contributed by atoms with Crippen LogP contribution in [0.5, 0.6) is 0 Å². The molecule has 2 aromatic rings. The molecule has 0 atom stereocenters. The van der Waals surface area contributed by atoms with E-state index in [0.717, 1.165) is 17.7 Å². The molecule has 0 radical (unpaired) electrons. The van der Waals surface area contributed by atoms with Gasteiger partial charge in [0.15, 0.2) is 0 Å². The summed E-state index contributed by atoms with van der Waals surface area (Å²) in [6.07, 6.45) is 2.25. The molecule has 0 aliphatic carbocycles. The lowest BCUT2D eigenvalue weighted by Gasteiger charge is -2.28. The van der Waals surface area contributed by atoms with Gasteiger partial charge in [-0.15, -0.1) is 0 Å². The van der Waals surface area contributed by atoms with Crippen molar-refractivity contribution >= 4 is 23.2 Å². The predicted molar refractivity (Wildman–Crippen MR) is 73.0 cm³/mol. The number of amides is 1. The fourth-order valence-electron chi connectivity index (χ4n) is 2.37. The van der Waals surface area contributed by atoms with Crippen molar-refractivity contribution in [1.82, 2.24) is 4.90 Å². The van der Waals surface area contributed by atoms with Gasteiger partial charge in [-0.1, -0.05) is 6.07 Å². The Morgan fingerprint density at radius 1 is 1.32 bits per heavy atom. The molecule has 1 amide bonds. The zero-order chi connectivity index (χ0) is 13.4. The van der Waals surface area contributed by atoms with Crippen molar-refractivity contribution in [2.24, 2.45) is 0 Å². The first-order valence-electron chi connectivity index (χ1n) is 6.04. The van der Waals surface area contributed by atoms with Crippen LogP contribution in [-0.2, 0) is 13.0 Å². The largest absolute Gasteiger partial charge is 0.452 e. The number of carbonyl (C=O) groups excluding carboxylic acids is 1. The van der Waals surface area contributed by atoms with Gasteiger partial charge in [0.1, 0.15) is 0 Å².